The molecule has 22 heteroatoms. The summed E-state index contributed by atoms with van der Waals surface area (Å²) < 4.78 is 33.7. The molecule has 0 unspecified atom stereocenters. The first-order chi connectivity index (χ1) is 33.4. The lowest BCUT2D eigenvalue weighted by Gasteiger charge is -2.25. The molecule has 0 saturated carbocycles. The first-order valence-electron chi connectivity index (χ1n) is 22.5. The summed E-state index contributed by atoms with van der Waals surface area (Å²) in [6, 6.07) is 17.2. The van der Waals surface area contributed by atoms with E-state index in [-0.39, 0.29) is 82.7 Å². The molecule has 3 aromatic rings. The summed E-state index contributed by atoms with van der Waals surface area (Å²) in [7, 11) is -4.05. The van der Waals surface area contributed by atoms with Gasteiger partial charge in [-0.3, -0.25) is 24.2 Å². The summed E-state index contributed by atoms with van der Waals surface area (Å²) in [6.07, 6.45) is 1.94. The van der Waals surface area contributed by atoms with E-state index < -0.39 is 57.7 Å². The van der Waals surface area contributed by atoms with Crippen LogP contribution in [0, 0.1) is 0 Å². The van der Waals surface area contributed by atoms with E-state index in [1.54, 1.807) is 42.5 Å². The fourth-order valence-electron chi connectivity index (χ4n) is 8.21. The molecule has 3 aliphatic rings. The number of aliphatic imine (C=N–C) groups is 1. The Labute approximate surface area is 407 Å². The van der Waals surface area contributed by atoms with Crippen molar-refractivity contribution in [2.45, 2.75) is 87.2 Å². The third-order valence-electron chi connectivity index (χ3n) is 11.6. The number of carboxylic acids is 2. The van der Waals surface area contributed by atoms with Crippen LogP contribution in [-0.2, 0) is 29.2 Å². The number of phenolic OH excluding ortho intramolecular Hbond substituents is 1. The summed E-state index contributed by atoms with van der Waals surface area (Å²) in [5.41, 5.74) is 12.2. The minimum Gasteiger partial charge on any atom is -0.508 e. The Morgan fingerprint density at radius 1 is 0.857 bits per heavy atom. The molecule has 70 heavy (non-hydrogen) atoms. The second kappa shape index (κ2) is 23.7. The number of sulfonamides is 1. The lowest BCUT2D eigenvalue weighted by molar-refractivity contribution is -0.142. The Bertz CT molecular complexity index is 2930. The largest absolute Gasteiger partial charge is 0.508 e. The molecular formula is C48H54N8O12S2. The van der Waals surface area contributed by atoms with E-state index in [1.807, 2.05) is 0 Å². The van der Waals surface area contributed by atoms with E-state index in [0.717, 1.165) is 4.31 Å². The number of hydrogen-bond donors (Lipinski definition) is 9. The number of thiocarbonyl (C=S) groups is 1. The van der Waals surface area contributed by atoms with Crippen LogP contribution in [-0.4, -0.2) is 106 Å². The van der Waals surface area contributed by atoms with Gasteiger partial charge in [-0.05, 0) is 118 Å². The molecule has 1 aliphatic carbocycles. The number of aromatic hydroxyl groups is 1. The predicted molar refractivity (Wildman–Crippen MR) is 265 cm³/mol. The number of guanidine groups is 1. The fraction of sp³-hybridized carbons (Fsp3) is 0.333. The van der Waals surface area contributed by atoms with Crippen LogP contribution < -0.4 is 38.2 Å². The van der Waals surface area contributed by atoms with Gasteiger partial charge in [-0.1, -0.05) is 24.3 Å². The van der Waals surface area contributed by atoms with E-state index in [4.69, 9.17) is 28.1 Å². The topological polar surface area (TPSA) is 326 Å². The number of anilines is 1. The van der Waals surface area contributed by atoms with Gasteiger partial charge < -0.3 is 52.5 Å². The van der Waals surface area contributed by atoms with Crippen molar-refractivity contribution in [2.75, 3.05) is 25.0 Å². The molecule has 0 aromatic heterocycles. The normalized spacial score (nSPS) is 14.6. The van der Waals surface area contributed by atoms with Crippen LogP contribution in [0.15, 0.2) is 104 Å². The van der Waals surface area contributed by atoms with Crippen LogP contribution in [0.1, 0.15) is 74.6 Å². The number of rotatable bonds is 23. The van der Waals surface area contributed by atoms with Crippen molar-refractivity contribution >= 4 is 79.5 Å². The van der Waals surface area contributed by atoms with Crippen molar-refractivity contribution in [1.29, 1.82) is 0 Å². The van der Waals surface area contributed by atoms with E-state index in [0.29, 0.717) is 73.0 Å². The van der Waals surface area contributed by atoms with Crippen LogP contribution >= 0.6 is 12.2 Å². The molecule has 0 spiro atoms. The number of ketones is 1. The van der Waals surface area contributed by atoms with Gasteiger partial charge in [-0.2, -0.15) is 4.31 Å². The highest BCUT2D eigenvalue weighted by molar-refractivity contribution is 7.89. The number of carboxylic acid groups (broad SMARTS) is 2. The molecular weight excluding hydrogens is 945 g/mol. The average Bonchev–Trinajstić information content (AvgIpc) is 3.83. The van der Waals surface area contributed by atoms with Crippen LogP contribution in [0.2, 0.25) is 0 Å². The Kier molecular flexibility index (Phi) is 17.6. The molecule has 6 rings (SSSR count). The summed E-state index contributed by atoms with van der Waals surface area (Å²) in [6.45, 7) is 0.690. The lowest BCUT2D eigenvalue weighted by atomic mass is 9.90. The smallest absolute Gasteiger partial charge is 0.336 e. The van der Waals surface area contributed by atoms with E-state index in [9.17, 15) is 52.5 Å². The number of nitrogens with one attached hydrogen (secondary N) is 4. The number of fused-ring (bicyclic) bond motifs is 2. The SMILES string of the molecule is NC(N)=NCCCCC(=O)N[C@@H](CCCCNC(=S)Nc1ccc(-c2c3ccc(=O)cc-3oc3cc(O)ccc23)c(C(=O)O)c1)C(=O)CC[C@H](NC(=O)[C@@H]1CCCN1S(=O)(=O)c1ccccc1)C(=O)O. The Morgan fingerprint density at radius 3 is 2.34 bits per heavy atom. The Morgan fingerprint density at radius 2 is 1.61 bits per heavy atom. The van der Waals surface area contributed by atoms with Gasteiger partial charge in [0.1, 0.15) is 29.2 Å². The summed E-state index contributed by atoms with van der Waals surface area (Å²) in [5, 5.41) is 42.4. The number of nitrogens with zero attached hydrogens (tertiary/aromatic N) is 2. The first kappa shape index (κ1) is 52.0. The van der Waals surface area contributed by atoms with Crippen LogP contribution in [0.5, 0.6) is 5.75 Å². The van der Waals surface area contributed by atoms with Gasteiger partial charge in [0.15, 0.2) is 22.3 Å². The Hall–Kier alpha value is -7.43. The third kappa shape index (κ3) is 13.4. The van der Waals surface area contributed by atoms with Crippen molar-refractivity contribution < 1.29 is 52.1 Å². The number of phenols is 1. The van der Waals surface area contributed by atoms with Crippen LogP contribution in [0.25, 0.3) is 33.4 Å². The van der Waals surface area contributed by atoms with Crippen LogP contribution in [0.4, 0.5) is 5.69 Å². The monoisotopic (exact) mass is 998 g/mol. The molecule has 2 heterocycles. The van der Waals surface area contributed by atoms with Crippen molar-refractivity contribution in [1.82, 2.24) is 20.3 Å². The van der Waals surface area contributed by atoms with Gasteiger partial charge >= 0.3 is 11.9 Å². The maximum absolute atomic E-state index is 13.7. The fourth-order valence-corrected chi connectivity index (χ4v) is 10.1. The van der Waals surface area contributed by atoms with E-state index in [1.165, 1.54) is 42.5 Å². The number of carbonyl (C=O) groups is 5. The van der Waals surface area contributed by atoms with Gasteiger partial charge in [0.2, 0.25) is 21.8 Å². The minimum absolute atomic E-state index is 0.00145. The first-order valence-corrected chi connectivity index (χ1v) is 24.4. The number of aromatic carboxylic acids is 1. The zero-order chi connectivity index (χ0) is 50.5. The molecule has 370 valence electrons. The molecule has 20 nitrogen and oxygen atoms in total. The highest BCUT2D eigenvalue weighted by Gasteiger charge is 2.40. The van der Waals surface area contributed by atoms with Gasteiger partial charge in [-0.25, -0.2) is 18.0 Å². The quantitative estimate of drug-likeness (QED) is 0.0146. The Balaban J connectivity index is 1.06. The average molecular weight is 999 g/mol. The van der Waals surface area contributed by atoms with Crippen molar-refractivity contribution in [2.24, 2.45) is 16.5 Å². The van der Waals surface area contributed by atoms with E-state index in [2.05, 4.69) is 26.3 Å². The number of amides is 2. The minimum atomic E-state index is -4.05. The van der Waals surface area contributed by atoms with Crippen LogP contribution in [0.3, 0.4) is 0 Å². The molecule has 0 radical (unpaired) electrons. The third-order valence-corrected chi connectivity index (χ3v) is 13.8. The standard InChI is InChI=1S/C48H54N8O12S2/c49-47(50)51-22-7-5-13-42(60)54-36(39(59)21-20-37(46(64)65)55-44(61)38-12-8-24-56(38)70(66,67)31-9-2-1-3-10-31)11-4-6-23-52-48(69)53-28-14-17-32(35(25-28)45(62)63)43-33-18-15-29(57)26-40(33)68-41-27-30(58)16-19-34(41)43/h1-3,9-10,14-19,25-27,36-38,57H,4-8,11-13,20-24H2,(H,54,60)(H,55,61)(H,62,63)(H,64,65)(H4,49,50,51)(H2,52,53,69)/t36-,37-,38-/m0/s1. The van der Waals surface area contributed by atoms with Gasteiger partial charge in [-0.15, -0.1) is 0 Å². The number of unbranched alkanes of at least 4 members (excludes halogenated alkanes) is 2. The summed E-state index contributed by atoms with van der Waals surface area (Å²) in [4.78, 5) is 81.2. The maximum atomic E-state index is 13.7. The molecule has 1 saturated heterocycles. The number of aliphatic carboxylic acids is 1. The molecule has 0 bridgehead atoms. The highest BCUT2D eigenvalue weighted by Crippen LogP contribution is 2.42. The summed E-state index contributed by atoms with van der Waals surface area (Å²) >= 11 is 5.51. The number of benzene rings is 4. The van der Waals surface area contributed by atoms with Gasteiger partial charge in [0, 0.05) is 66.8 Å². The second-order valence-corrected chi connectivity index (χ2v) is 18.9. The van der Waals surface area contributed by atoms with Crippen molar-refractivity contribution in [3.63, 3.8) is 0 Å². The van der Waals surface area contributed by atoms with Gasteiger partial charge in [0.05, 0.1) is 16.5 Å². The number of carbonyl (C=O) groups excluding carboxylic acids is 3. The second-order valence-electron chi connectivity index (χ2n) is 16.6. The van der Waals surface area contributed by atoms with Gasteiger partial charge in [0.25, 0.3) is 0 Å². The predicted octanol–water partition coefficient (Wildman–Crippen LogP) is 4.13. The molecule has 3 aromatic carbocycles. The number of Topliss-reactive ketones (excluding diaryl/α,β-unsaturated/α-hetero) is 1. The number of nitrogens with two attached hydrogens (primary N) is 2. The molecule has 2 aliphatic heterocycles. The maximum Gasteiger partial charge on any atom is 0.336 e. The lowest BCUT2D eigenvalue weighted by Crippen LogP contribution is -2.51. The van der Waals surface area contributed by atoms with Crippen molar-refractivity contribution in [3.05, 3.63) is 101 Å². The zero-order valence-corrected chi connectivity index (χ0v) is 39.5. The molecule has 11 N–H and O–H groups in total. The number of hydrogen-bond acceptors (Lipinski definition) is 12. The molecule has 1 fully saturated rings. The zero-order valence-electron chi connectivity index (χ0n) is 37.9. The summed E-state index contributed by atoms with van der Waals surface area (Å²) in [5.74, 6) is -4.28. The molecule has 3 atom stereocenters. The van der Waals surface area contributed by atoms with E-state index >= 15 is 0 Å². The highest BCUT2D eigenvalue weighted by atomic mass is 32.2. The van der Waals surface area contributed by atoms with Crippen molar-refractivity contribution in [3.8, 4) is 28.2 Å². The molecule has 2 amide bonds.